The third-order valence-electron chi connectivity index (χ3n) is 2.51. The first-order valence-corrected chi connectivity index (χ1v) is 7.31. The monoisotopic (exact) mass is 299 g/mol. The molecule has 0 fully saturated rings. The highest BCUT2D eigenvalue weighted by molar-refractivity contribution is 7.85. The molecule has 110 valence electrons. The molecule has 0 aliphatic carbocycles. The Kier molecular flexibility index (Phi) is 6.89. The summed E-state index contributed by atoms with van der Waals surface area (Å²) < 4.78 is 16.6. The maximum Gasteiger partial charge on any atom is 0.326 e. The number of hydrogen-bond donors (Lipinski definition) is 2. The first-order chi connectivity index (χ1) is 9.54. The molecule has 0 radical (unpaired) electrons. The first kappa shape index (κ1) is 16.3. The van der Waals surface area contributed by atoms with Crippen molar-refractivity contribution >= 4 is 22.7 Å². The number of ether oxygens (including phenoxy) is 1. The fourth-order valence-corrected chi connectivity index (χ4v) is 2.69. The van der Waals surface area contributed by atoms with E-state index in [1.54, 1.807) is 24.3 Å². The molecule has 0 saturated carbocycles. The number of carbonyl (C=O) groups is 2. The van der Waals surface area contributed by atoms with E-state index in [-0.39, 0.29) is 18.8 Å². The van der Waals surface area contributed by atoms with E-state index in [1.807, 2.05) is 6.07 Å². The Balaban J connectivity index is 2.53. The van der Waals surface area contributed by atoms with E-state index in [9.17, 15) is 13.8 Å². The van der Waals surface area contributed by atoms with E-state index in [2.05, 4.69) is 10.1 Å². The van der Waals surface area contributed by atoms with Gasteiger partial charge in [-0.1, -0.05) is 18.2 Å². The summed E-state index contributed by atoms with van der Waals surface area (Å²) in [4.78, 5) is 23.0. The lowest BCUT2D eigenvalue weighted by molar-refractivity contribution is -0.142. The molecule has 20 heavy (non-hydrogen) atoms. The van der Waals surface area contributed by atoms with E-state index in [0.717, 1.165) is 0 Å². The average Bonchev–Trinajstić information content (AvgIpc) is 2.44. The van der Waals surface area contributed by atoms with Crippen molar-refractivity contribution in [2.75, 3.05) is 19.5 Å². The van der Waals surface area contributed by atoms with Gasteiger partial charge in [-0.25, -0.2) is 4.79 Å². The lowest BCUT2D eigenvalue weighted by Gasteiger charge is -2.14. The van der Waals surface area contributed by atoms with Crippen molar-refractivity contribution in [1.29, 1.82) is 0 Å². The van der Waals surface area contributed by atoms with Crippen LogP contribution in [-0.2, 0) is 25.1 Å². The van der Waals surface area contributed by atoms with Crippen LogP contribution in [0.4, 0.5) is 0 Å². The highest BCUT2D eigenvalue weighted by Crippen LogP contribution is 2.08. The van der Waals surface area contributed by atoms with Crippen molar-refractivity contribution in [2.45, 2.75) is 17.4 Å². The van der Waals surface area contributed by atoms with Gasteiger partial charge in [0.05, 0.1) is 10.8 Å². The Morgan fingerprint density at radius 3 is 2.55 bits per heavy atom. The molecule has 0 bridgehead atoms. The van der Waals surface area contributed by atoms with Crippen LogP contribution < -0.4 is 5.32 Å². The fraction of sp³-hybridized carbons (Fsp3) is 0.385. The van der Waals surface area contributed by atoms with Gasteiger partial charge in [-0.3, -0.25) is 9.00 Å². The second kappa shape index (κ2) is 8.44. The van der Waals surface area contributed by atoms with Crippen LogP contribution in [0.15, 0.2) is 35.2 Å². The van der Waals surface area contributed by atoms with E-state index in [4.69, 9.17) is 5.11 Å². The van der Waals surface area contributed by atoms with Crippen LogP contribution in [0.3, 0.4) is 0 Å². The van der Waals surface area contributed by atoms with E-state index in [1.165, 1.54) is 7.11 Å². The Morgan fingerprint density at radius 1 is 1.35 bits per heavy atom. The minimum Gasteiger partial charge on any atom is -0.480 e. The molecule has 2 N–H and O–H groups in total. The molecule has 0 unspecified atom stereocenters. The molecule has 0 aliphatic rings. The highest BCUT2D eigenvalue weighted by Gasteiger charge is 2.20. The number of carbonyl (C=O) groups excluding carboxylic acids is 1. The fourth-order valence-electron chi connectivity index (χ4n) is 1.54. The number of hydrogen-bond acceptors (Lipinski definition) is 4. The molecular weight excluding hydrogens is 282 g/mol. The summed E-state index contributed by atoms with van der Waals surface area (Å²) in [6.45, 7) is -0.203. The molecule has 0 heterocycles. The van der Waals surface area contributed by atoms with Crippen molar-refractivity contribution in [3.63, 3.8) is 0 Å². The summed E-state index contributed by atoms with van der Waals surface area (Å²) in [6, 6.07) is 7.71. The van der Waals surface area contributed by atoms with Gasteiger partial charge in [-0.2, -0.15) is 0 Å². The van der Waals surface area contributed by atoms with Crippen LogP contribution in [0.2, 0.25) is 0 Å². The third-order valence-corrected chi connectivity index (χ3v) is 3.91. The Labute approximate surface area is 119 Å². The molecule has 0 aliphatic heterocycles. The van der Waals surface area contributed by atoms with Crippen molar-refractivity contribution in [2.24, 2.45) is 0 Å². The van der Waals surface area contributed by atoms with Gasteiger partial charge in [0.2, 0.25) is 5.91 Å². The topological polar surface area (TPSA) is 92.7 Å². The molecule has 0 spiro atoms. The third kappa shape index (κ3) is 5.50. The summed E-state index contributed by atoms with van der Waals surface area (Å²) >= 11 is 0. The van der Waals surface area contributed by atoms with E-state index < -0.39 is 28.7 Å². The number of carboxylic acids is 1. The number of amides is 1. The maximum atomic E-state index is 12.0. The number of benzene rings is 1. The van der Waals surface area contributed by atoms with Crippen molar-refractivity contribution in [3.05, 3.63) is 30.3 Å². The SMILES string of the molecule is COCC(=O)N[C@H](CC[S@@](=O)c1ccccc1)C(=O)O. The zero-order valence-electron chi connectivity index (χ0n) is 11.1. The van der Waals surface area contributed by atoms with Gasteiger partial charge >= 0.3 is 5.97 Å². The second-order valence-electron chi connectivity index (χ2n) is 4.04. The lowest BCUT2D eigenvalue weighted by atomic mass is 10.2. The standard InChI is InChI=1S/C13H17NO5S/c1-19-9-12(15)14-11(13(16)17)7-8-20(18)10-5-3-2-4-6-10/h2-6,11H,7-9H2,1H3,(H,14,15)(H,16,17)/t11-,20-/m1/s1. The largest absolute Gasteiger partial charge is 0.480 e. The number of nitrogens with one attached hydrogen (secondary N) is 1. The molecule has 1 amide bonds. The molecule has 1 aromatic carbocycles. The van der Waals surface area contributed by atoms with Gasteiger partial charge in [0.25, 0.3) is 0 Å². The zero-order chi connectivity index (χ0) is 15.0. The van der Waals surface area contributed by atoms with Crippen molar-refractivity contribution in [1.82, 2.24) is 5.32 Å². The Hall–Kier alpha value is -1.73. The Morgan fingerprint density at radius 2 is 2.00 bits per heavy atom. The summed E-state index contributed by atoms with van der Waals surface area (Å²) in [5, 5.41) is 11.3. The van der Waals surface area contributed by atoms with Crippen LogP contribution in [0.25, 0.3) is 0 Å². The summed E-state index contributed by atoms with van der Waals surface area (Å²) in [7, 11) is 0.0621. The number of aliphatic carboxylic acids is 1. The van der Waals surface area contributed by atoms with Gasteiger partial charge in [-0.15, -0.1) is 0 Å². The van der Waals surface area contributed by atoms with Crippen LogP contribution in [-0.4, -0.2) is 46.7 Å². The van der Waals surface area contributed by atoms with Gasteiger partial charge in [0.15, 0.2) is 0 Å². The van der Waals surface area contributed by atoms with Crippen LogP contribution in [0.1, 0.15) is 6.42 Å². The van der Waals surface area contributed by atoms with E-state index >= 15 is 0 Å². The molecule has 0 aromatic heterocycles. The zero-order valence-corrected chi connectivity index (χ0v) is 11.9. The molecular formula is C13H17NO5S. The molecule has 6 nitrogen and oxygen atoms in total. The van der Waals surface area contributed by atoms with E-state index in [0.29, 0.717) is 4.90 Å². The van der Waals surface area contributed by atoms with Crippen LogP contribution in [0.5, 0.6) is 0 Å². The minimum atomic E-state index is -1.28. The van der Waals surface area contributed by atoms with Crippen molar-refractivity contribution in [3.8, 4) is 0 Å². The minimum absolute atomic E-state index is 0.0896. The number of methoxy groups -OCH3 is 1. The first-order valence-electron chi connectivity index (χ1n) is 5.99. The summed E-state index contributed by atoms with van der Waals surface area (Å²) in [6.07, 6.45) is 0.0896. The lowest BCUT2D eigenvalue weighted by Crippen LogP contribution is -2.43. The number of carboxylic acid groups (broad SMARTS) is 1. The van der Waals surface area contributed by atoms with Gasteiger partial charge in [0.1, 0.15) is 12.6 Å². The molecule has 2 atom stereocenters. The van der Waals surface area contributed by atoms with Crippen molar-refractivity contribution < 1.29 is 23.6 Å². The maximum absolute atomic E-state index is 12.0. The van der Waals surface area contributed by atoms with Gasteiger partial charge in [0, 0.05) is 17.8 Å². The predicted molar refractivity (Wildman–Crippen MR) is 73.8 cm³/mol. The van der Waals surface area contributed by atoms with Crippen LogP contribution in [0, 0.1) is 0 Å². The molecule has 1 aromatic rings. The molecule has 1 rings (SSSR count). The normalized spacial score (nSPS) is 13.4. The molecule has 0 saturated heterocycles. The Bertz CT molecular complexity index is 477. The summed E-state index contributed by atoms with van der Waals surface area (Å²) in [5.74, 6) is -1.50. The van der Waals surface area contributed by atoms with Gasteiger partial charge < -0.3 is 15.2 Å². The molecule has 7 heteroatoms. The van der Waals surface area contributed by atoms with Crippen LogP contribution >= 0.6 is 0 Å². The highest BCUT2D eigenvalue weighted by atomic mass is 32.2. The average molecular weight is 299 g/mol. The second-order valence-corrected chi connectivity index (χ2v) is 5.61. The smallest absolute Gasteiger partial charge is 0.326 e. The van der Waals surface area contributed by atoms with Gasteiger partial charge in [-0.05, 0) is 18.6 Å². The summed E-state index contributed by atoms with van der Waals surface area (Å²) in [5.41, 5.74) is 0. The number of rotatable bonds is 8. The quantitative estimate of drug-likeness (QED) is 0.725. The predicted octanol–water partition coefficient (Wildman–Crippen LogP) is 0.400.